The van der Waals surface area contributed by atoms with Gasteiger partial charge in [-0.1, -0.05) is 6.07 Å². The molecule has 1 aromatic carbocycles. The Morgan fingerprint density at radius 1 is 1.28 bits per heavy atom. The van der Waals surface area contributed by atoms with Gasteiger partial charge in [-0.2, -0.15) is 0 Å². The predicted molar refractivity (Wildman–Crippen MR) is 68.3 cm³/mol. The maximum Gasteiger partial charge on any atom is 0.161 e. The van der Waals surface area contributed by atoms with Gasteiger partial charge in [-0.25, -0.2) is 0 Å². The van der Waals surface area contributed by atoms with Crippen LogP contribution < -0.4 is 9.47 Å². The van der Waals surface area contributed by atoms with Crippen molar-refractivity contribution in [1.29, 1.82) is 0 Å². The van der Waals surface area contributed by atoms with Crippen LogP contribution in [0.3, 0.4) is 0 Å². The Bertz CT molecular complexity index is 449. The fraction of sp³-hybridized carbons (Fsp3) is 0.571. The van der Waals surface area contributed by atoms with E-state index >= 15 is 0 Å². The van der Waals surface area contributed by atoms with Crippen LogP contribution in [0.25, 0.3) is 0 Å². The molecule has 4 heteroatoms. The highest BCUT2D eigenvalue weighted by Crippen LogP contribution is 2.39. The lowest BCUT2D eigenvalue weighted by molar-refractivity contribution is 0.169. The zero-order valence-electron chi connectivity index (χ0n) is 10.7. The van der Waals surface area contributed by atoms with Crippen molar-refractivity contribution in [2.45, 2.75) is 11.8 Å². The smallest absolute Gasteiger partial charge is 0.161 e. The highest BCUT2D eigenvalue weighted by atomic mass is 16.6. The first-order valence-corrected chi connectivity index (χ1v) is 6.43. The van der Waals surface area contributed by atoms with E-state index in [2.05, 4.69) is 18.0 Å². The largest absolute Gasteiger partial charge is 0.486 e. The normalized spacial score (nSPS) is 27.4. The number of hydrogen-bond donors (Lipinski definition) is 1. The van der Waals surface area contributed by atoms with Gasteiger partial charge in [-0.3, -0.25) is 0 Å². The molecule has 1 fully saturated rings. The number of aliphatic hydroxyl groups excluding tert-OH is 1. The van der Waals surface area contributed by atoms with E-state index in [4.69, 9.17) is 9.47 Å². The first-order chi connectivity index (χ1) is 8.73. The van der Waals surface area contributed by atoms with E-state index in [1.807, 2.05) is 12.1 Å². The van der Waals surface area contributed by atoms with Crippen LogP contribution in [0, 0.1) is 0 Å². The fourth-order valence-corrected chi connectivity index (χ4v) is 2.91. The minimum atomic E-state index is -0.148. The van der Waals surface area contributed by atoms with Crippen LogP contribution in [0.1, 0.15) is 12.0 Å². The minimum absolute atomic E-state index is 0.148. The monoisotopic (exact) mass is 249 g/mol. The van der Waals surface area contributed by atoms with E-state index in [0.717, 1.165) is 36.6 Å². The first kappa shape index (κ1) is 11.8. The highest BCUT2D eigenvalue weighted by molar-refractivity contribution is 5.46. The standard InChI is InChI=1S/C14H19NO3/c1-15-5-4-14(9-15,10-16)11-2-3-12-13(8-11)18-7-6-17-12/h2-3,8,16H,4-7,9-10H2,1H3. The van der Waals surface area contributed by atoms with Crippen molar-refractivity contribution in [3.8, 4) is 11.5 Å². The summed E-state index contributed by atoms with van der Waals surface area (Å²) < 4.78 is 11.2. The number of hydrogen-bond acceptors (Lipinski definition) is 4. The van der Waals surface area contributed by atoms with E-state index < -0.39 is 0 Å². The molecule has 0 spiro atoms. The second kappa shape index (κ2) is 4.44. The van der Waals surface area contributed by atoms with Crippen molar-refractivity contribution in [1.82, 2.24) is 4.90 Å². The Morgan fingerprint density at radius 2 is 2.06 bits per heavy atom. The number of rotatable bonds is 2. The Labute approximate surface area is 107 Å². The van der Waals surface area contributed by atoms with Crippen molar-refractivity contribution in [3.63, 3.8) is 0 Å². The van der Waals surface area contributed by atoms with Crippen LogP contribution in [0.15, 0.2) is 18.2 Å². The molecule has 0 aromatic heterocycles. The SMILES string of the molecule is CN1CCC(CO)(c2ccc3c(c2)OCCO3)C1. The molecule has 0 saturated carbocycles. The molecule has 0 radical (unpaired) electrons. The fourth-order valence-electron chi connectivity index (χ4n) is 2.91. The van der Waals surface area contributed by atoms with E-state index in [1.54, 1.807) is 0 Å². The summed E-state index contributed by atoms with van der Waals surface area (Å²) in [7, 11) is 2.09. The maximum absolute atomic E-state index is 9.79. The van der Waals surface area contributed by atoms with Gasteiger partial charge in [0.25, 0.3) is 0 Å². The second-order valence-electron chi connectivity index (χ2n) is 5.28. The molecule has 1 N–H and O–H groups in total. The van der Waals surface area contributed by atoms with Gasteiger partial charge in [-0.15, -0.1) is 0 Å². The molecular formula is C14H19NO3. The molecule has 2 aliphatic rings. The Balaban J connectivity index is 1.96. The quantitative estimate of drug-likeness (QED) is 0.850. The van der Waals surface area contributed by atoms with Gasteiger partial charge in [-0.05, 0) is 37.7 Å². The number of nitrogens with zero attached hydrogens (tertiary/aromatic N) is 1. The molecule has 1 aromatic rings. The van der Waals surface area contributed by atoms with Crippen LogP contribution in [0.4, 0.5) is 0 Å². The van der Waals surface area contributed by atoms with Crippen molar-refractivity contribution in [2.24, 2.45) is 0 Å². The van der Waals surface area contributed by atoms with Crippen molar-refractivity contribution in [3.05, 3.63) is 23.8 Å². The zero-order chi connectivity index (χ0) is 12.6. The third-order valence-electron chi connectivity index (χ3n) is 4.00. The highest BCUT2D eigenvalue weighted by Gasteiger charge is 2.38. The average Bonchev–Trinajstić information content (AvgIpc) is 2.81. The van der Waals surface area contributed by atoms with E-state index in [-0.39, 0.29) is 12.0 Å². The summed E-state index contributed by atoms with van der Waals surface area (Å²) in [6.45, 7) is 3.30. The lowest BCUT2D eigenvalue weighted by atomic mass is 9.80. The number of ether oxygens (including phenoxy) is 2. The van der Waals surface area contributed by atoms with Crippen LogP contribution in [-0.2, 0) is 5.41 Å². The summed E-state index contributed by atoms with van der Waals surface area (Å²) in [5, 5.41) is 9.79. The summed E-state index contributed by atoms with van der Waals surface area (Å²) in [6.07, 6.45) is 0.986. The molecule has 98 valence electrons. The van der Waals surface area contributed by atoms with Gasteiger partial charge in [0.15, 0.2) is 11.5 Å². The van der Waals surface area contributed by atoms with E-state index in [9.17, 15) is 5.11 Å². The Morgan fingerprint density at radius 3 is 2.72 bits per heavy atom. The van der Waals surface area contributed by atoms with Gasteiger partial charge in [0, 0.05) is 12.0 Å². The average molecular weight is 249 g/mol. The number of likely N-dealkylation sites (N-methyl/N-ethyl adjacent to an activating group) is 1. The van der Waals surface area contributed by atoms with Crippen LogP contribution >= 0.6 is 0 Å². The lowest BCUT2D eigenvalue weighted by Gasteiger charge is -2.29. The third-order valence-corrected chi connectivity index (χ3v) is 4.00. The first-order valence-electron chi connectivity index (χ1n) is 6.43. The molecular weight excluding hydrogens is 230 g/mol. The van der Waals surface area contributed by atoms with Gasteiger partial charge in [0.05, 0.1) is 6.61 Å². The van der Waals surface area contributed by atoms with Crippen LogP contribution in [0.2, 0.25) is 0 Å². The number of fused-ring (bicyclic) bond motifs is 1. The summed E-state index contributed by atoms with van der Waals surface area (Å²) >= 11 is 0. The number of likely N-dealkylation sites (tertiary alicyclic amines) is 1. The van der Waals surface area contributed by atoms with Gasteiger partial charge < -0.3 is 19.5 Å². The topological polar surface area (TPSA) is 41.9 Å². The van der Waals surface area contributed by atoms with Crippen molar-refractivity contribution >= 4 is 0 Å². The number of benzene rings is 1. The van der Waals surface area contributed by atoms with Crippen molar-refractivity contribution in [2.75, 3.05) is 40.0 Å². The van der Waals surface area contributed by atoms with Crippen molar-refractivity contribution < 1.29 is 14.6 Å². The molecule has 2 heterocycles. The molecule has 1 unspecified atom stereocenters. The Hall–Kier alpha value is -1.26. The van der Waals surface area contributed by atoms with E-state index in [0.29, 0.717) is 13.2 Å². The van der Waals surface area contributed by atoms with E-state index in [1.165, 1.54) is 0 Å². The summed E-state index contributed by atoms with van der Waals surface area (Å²) in [5.74, 6) is 1.62. The zero-order valence-corrected chi connectivity index (χ0v) is 10.7. The van der Waals surface area contributed by atoms with Gasteiger partial charge in [0.1, 0.15) is 13.2 Å². The minimum Gasteiger partial charge on any atom is -0.486 e. The molecule has 2 aliphatic heterocycles. The van der Waals surface area contributed by atoms with Crippen LogP contribution in [-0.4, -0.2) is 50.0 Å². The molecule has 1 saturated heterocycles. The summed E-state index contributed by atoms with van der Waals surface area (Å²) in [5.41, 5.74) is 1.00. The molecule has 0 bridgehead atoms. The second-order valence-corrected chi connectivity index (χ2v) is 5.28. The maximum atomic E-state index is 9.79. The Kier molecular flexibility index (Phi) is 2.92. The molecule has 4 nitrogen and oxygen atoms in total. The summed E-state index contributed by atoms with van der Waals surface area (Å²) in [6, 6.07) is 6.05. The van der Waals surface area contributed by atoms with Gasteiger partial charge in [0.2, 0.25) is 0 Å². The molecule has 18 heavy (non-hydrogen) atoms. The third kappa shape index (κ3) is 1.85. The summed E-state index contributed by atoms with van der Waals surface area (Å²) in [4.78, 5) is 2.26. The molecule has 0 amide bonds. The predicted octanol–water partition coefficient (Wildman–Crippen LogP) is 1.02. The molecule has 1 atom stereocenters. The molecule has 3 rings (SSSR count). The number of aliphatic hydroxyl groups is 1. The van der Waals surface area contributed by atoms with Crippen LogP contribution in [0.5, 0.6) is 11.5 Å². The van der Waals surface area contributed by atoms with Gasteiger partial charge >= 0.3 is 0 Å². The molecule has 0 aliphatic carbocycles. The lowest BCUT2D eigenvalue weighted by Crippen LogP contribution is -2.33.